The van der Waals surface area contributed by atoms with Gasteiger partial charge >= 0.3 is 0 Å². The average molecular weight is 240 g/mol. The van der Waals surface area contributed by atoms with Crippen LogP contribution in [-0.2, 0) is 11.2 Å². The lowest BCUT2D eigenvalue weighted by molar-refractivity contribution is -0.0809. The van der Waals surface area contributed by atoms with Crippen molar-refractivity contribution < 1.29 is 4.74 Å². The molecule has 1 fully saturated rings. The molecule has 1 aliphatic rings. The molecule has 0 saturated carbocycles. The molecule has 4 heteroatoms. The lowest BCUT2D eigenvalue weighted by Crippen LogP contribution is -2.50. The highest BCUT2D eigenvalue weighted by atomic mass is 32.1. The van der Waals surface area contributed by atoms with Crippen LogP contribution in [0.4, 0.5) is 0 Å². The highest BCUT2D eigenvalue weighted by molar-refractivity contribution is 7.09. The number of nitrogens with two attached hydrogens (primary N) is 1. The molecule has 0 amide bonds. The first-order valence-corrected chi connectivity index (χ1v) is 6.79. The van der Waals surface area contributed by atoms with Crippen molar-refractivity contribution >= 4 is 11.3 Å². The van der Waals surface area contributed by atoms with Gasteiger partial charge in [0.1, 0.15) is 0 Å². The molecule has 3 nitrogen and oxygen atoms in total. The fourth-order valence-electron chi connectivity index (χ4n) is 2.19. The lowest BCUT2D eigenvalue weighted by Gasteiger charge is -2.38. The highest BCUT2D eigenvalue weighted by Crippen LogP contribution is 2.28. The molecule has 0 aromatic carbocycles. The van der Waals surface area contributed by atoms with Gasteiger partial charge in [0.25, 0.3) is 0 Å². The molecule has 2 unspecified atom stereocenters. The van der Waals surface area contributed by atoms with Gasteiger partial charge in [-0.25, -0.2) is 4.98 Å². The van der Waals surface area contributed by atoms with Crippen LogP contribution < -0.4 is 5.73 Å². The summed E-state index contributed by atoms with van der Waals surface area (Å²) in [4.78, 5) is 4.46. The van der Waals surface area contributed by atoms with Crippen LogP contribution in [0, 0.1) is 6.92 Å². The molecule has 1 saturated heterocycles. The molecule has 0 aliphatic carbocycles. The summed E-state index contributed by atoms with van der Waals surface area (Å²) in [6.45, 7) is 5.01. The average Bonchev–Trinajstić information content (AvgIpc) is 2.65. The summed E-state index contributed by atoms with van der Waals surface area (Å²) in [5.41, 5.74) is 7.21. The maximum atomic E-state index is 6.26. The van der Waals surface area contributed by atoms with Gasteiger partial charge in [-0.15, -0.1) is 11.3 Å². The first-order valence-electron chi connectivity index (χ1n) is 5.91. The largest absolute Gasteiger partial charge is 0.374 e. The summed E-state index contributed by atoms with van der Waals surface area (Å²) in [6, 6.07) is 0.0503. The SMILES string of the molecule is Cc1nc(CC(N)C2(C)CCCCO2)cs1. The topological polar surface area (TPSA) is 48.1 Å². The fraction of sp³-hybridized carbons (Fsp3) is 0.750. The van der Waals surface area contributed by atoms with Crippen LogP contribution >= 0.6 is 11.3 Å². The minimum absolute atomic E-state index is 0.0503. The van der Waals surface area contributed by atoms with E-state index >= 15 is 0 Å². The van der Waals surface area contributed by atoms with Crippen molar-refractivity contribution in [3.05, 3.63) is 16.1 Å². The van der Waals surface area contributed by atoms with Crippen molar-refractivity contribution in [3.8, 4) is 0 Å². The van der Waals surface area contributed by atoms with E-state index in [2.05, 4.69) is 17.3 Å². The minimum atomic E-state index is -0.157. The van der Waals surface area contributed by atoms with Gasteiger partial charge in [0.15, 0.2) is 0 Å². The molecule has 1 aromatic heterocycles. The van der Waals surface area contributed by atoms with Crippen LogP contribution in [0.3, 0.4) is 0 Å². The Morgan fingerprint density at radius 3 is 3.00 bits per heavy atom. The summed E-state index contributed by atoms with van der Waals surface area (Å²) < 4.78 is 5.86. The van der Waals surface area contributed by atoms with E-state index in [1.807, 2.05) is 6.92 Å². The van der Waals surface area contributed by atoms with Crippen molar-refractivity contribution in [1.29, 1.82) is 0 Å². The number of ether oxygens (including phenoxy) is 1. The standard InChI is InChI=1S/C12H20N2OS/c1-9-14-10(8-16-9)7-11(13)12(2)5-3-4-6-15-12/h8,11H,3-7,13H2,1-2H3. The number of thiazole rings is 1. The van der Waals surface area contributed by atoms with Crippen LogP contribution in [0.15, 0.2) is 5.38 Å². The van der Waals surface area contributed by atoms with Crippen molar-refractivity contribution in [2.75, 3.05) is 6.61 Å². The van der Waals surface area contributed by atoms with Gasteiger partial charge in [-0.3, -0.25) is 0 Å². The molecule has 0 radical (unpaired) electrons. The van der Waals surface area contributed by atoms with Crippen LogP contribution in [0.25, 0.3) is 0 Å². The Morgan fingerprint density at radius 2 is 2.44 bits per heavy atom. The predicted octanol–water partition coefficient (Wildman–Crippen LogP) is 2.28. The molecule has 16 heavy (non-hydrogen) atoms. The van der Waals surface area contributed by atoms with Crippen molar-refractivity contribution in [1.82, 2.24) is 4.98 Å². The molecule has 2 N–H and O–H groups in total. The van der Waals surface area contributed by atoms with E-state index in [-0.39, 0.29) is 11.6 Å². The van der Waals surface area contributed by atoms with E-state index in [0.717, 1.165) is 36.6 Å². The fourth-order valence-corrected chi connectivity index (χ4v) is 2.82. The maximum Gasteiger partial charge on any atom is 0.0897 e. The second kappa shape index (κ2) is 4.82. The monoisotopic (exact) mass is 240 g/mol. The molecule has 1 aromatic rings. The molecule has 2 heterocycles. The third-order valence-corrected chi connectivity index (χ3v) is 4.20. The number of hydrogen-bond donors (Lipinski definition) is 1. The van der Waals surface area contributed by atoms with E-state index in [1.54, 1.807) is 11.3 Å². The Balaban J connectivity index is 1.98. The van der Waals surface area contributed by atoms with E-state index in [9.17, 15) is 0 Å². The number of aromatic nitrogens is 1. The molecular formula is C12H20N2OS. The van der Waals surface area contributed by atoms with Crippen LogP contribution in [0.1, 0.15) is 36.9 Å². The molecule has 0 spiro atoms. The van der Waals surface area contributed by atoms with Gasteiger partial charge < -0.3 is 10.5 Å². The summed E-state index contributed by atoms with van der Waals surface area (Å²) in [5, 5.41) is 3.21. The van der Waals surface area contributed by atoms with Gasteiger partial charge in [0, 0.05) is 24.4 Å². The van der Waals surface area contributed by atoms with E-state index in [1.165, 1.54) is 6.42 Å². The number of nitrogens with zero attached hydrogens (tertiary/aromatic N) is 1. The van der Waals surface area contributed by atoms with E-state index in [0.29, 0.717) is 0 Å². The Morgan fingerprint density at radius 1 is 1.62 bits per heavy atom. The summed E-state index contributed by atoms with van der Waals surface area (Å²) >= 11 is 1.68. The second-order valence-corrected chi connectivity index (χ2v) is 5.85. The second-order valence-electron chi connectivity index (χ2n) is 4.79. The van der Waals surface area contributed by atoms with Crippen molar-refractivity contribution in [2.45, 2.75) is 51.2 Å². The van der Waals surface area contributed by atoms with Gasteiger partial charge in [0.05, 0.1) is 16.3 Å². The number of aryl methyl sites for hydroxylation is 1. The summed E-state index contributed by atoms with van der Waals surface area (Å²) in [6.07, 6.45) is 4.27. The van der Waals surface area contributed by atoms with Crippen LogP contribution in [-0.4, -0.2) is 23.2 Å². The van der Waals surface area contributed by atoms with Crippen LogP contribution in [0.2, 0.25) is 0 Å². The first kappa shape index (κ1) is 12.0. The summed E-state index contributed by atoms with van der Waals surface area (Å²) in [5.74, 6) is 0. The van der Waals surface area contributed by atoms with Gasteiger partial charge in [-0.2, -0.15) is 0 Å². The quantitative estimate of drug-likeness (QED) is 0.881. The van der Waals surface area contributed by atoms with Gasteiger partial charge in [-0.1, -0.05) is 0 Å². The lowest BCUT2D eigenvalue weighted by atomic mass is 9.86. The molecule has 1 aliphatic heterocycles. The number of hydrogen-bond acceptors (Lipinski definition) is 4. The zero-order valence-electron chi connectivity index (χ0n) is 10.0. The summed E-state index contributed by atoms with van der Waals surface area (Å²) in [7, 11) is 0. The Hall–Kier alpha value is -0.450. The highest BCUT2D eigenvalue weighted by Gasteiger charge is 2.34. The zero-order chi connectivity index (χ0) is 11.6. The normalized spacial score (nSPS) is 27.9. The Bertz CT molecular complexity index is 345. The predicted molar refractivity (Wildman–Crippen MR) is 66.7 cm³/mol. The molecule has 90 valence electrons. The van der Waals surface area contributed by atoms with Crippen LogP contribution in [0.5, 0.6) is 0 Å². The molecule has 2 rings (SSSR count). The van der Waals surface area contributed by atoms with E-state index < -0.39 is 0 Å². The third kappa shape index (κ3) is 2.62. The maximum absolute atomic E-state index is 6.26. The van der Waals surface area contributed by atoms with E-state index in [4.69, 9.17) is 10.5 Å². The minimum Gasteiger partial charge on any atom is -0.374 e. The number of rotatable bonds is 3. The smallest absolute Gasteiger partial charge is 0.0897 e. The zero-order valence-corrected chi connectivity index (χ0v) is 10.8. The molecule has 2 atom stereocenters. The van der Waals surface area contributed by atoms with Gasteiger partial charge in [-0.05, 0) is 33.1 Å². The molecular weight excluding hydrogens is 220 g/mol. The molecule has 0 bridgehead atoms. The van der Waals surface area contributed by atoms with Crippen molar-refractivity contribution in [2.24, 2.45) is 5.73 Å². The Labute approximate surface area is 101 Å². The van der Waals surface area contributed by atoms with Crippen molar-refractivity contribution in [3.63, 3.8) is 0 Å². The third-order valence-electron chi connectivity index (χ3n) is 3.38. The Kier molecular flexibility index (Phi) is 3.62. The first-order chi connectivity index (χ1) is 7.60. The van der Waals surface area contributed by atoms with Gasteiger partial charge in [0.2, 0.25) is 0 Å².